The van der Waals surface area contributed by atoms with Crippen molar-refractivity contribution in [1.82, 2.24) is 5.32 Å². The summed E-state index contributed by atoms with van der Waals surface area (Å²) in [6, 6.07) is 0.468. The molecule has 0 amide bonds. The van der Waals surface area contributed by atoms with Gasteiger partial charge in [-0.15, -0.1) is 0 Å². The molecule has 0 aromatic carbocycles. The summed E-state index contributed by atoms with van der Waals surface area (Å²) in [7, 11) is -2.82. The average molecular weight is 261 g/mol. The molecule has 0 spiro atoms. The van der Waals surface area contributed by atoms with Crippen LogP contribution in [0, 0.1) is 11.3 Å². The summed E-state index contributed by atoms with van der Waals surface area (Å²) in [4.78, 5) is 0. The molecule has 1 aliphatic carbocycles. The Kier molecular flexibility index (Phi) is 5.02. The first-order chi connectivity index (χ1) is 7.79. The summed E-state index contributed by atoms with van der Waals surface area (Å²) in [5.74, 6) is 1.34. The molecule has 0 heterocycles. The van der Waals surface area contributed by atoms with E-state index in [0.717, 1.165) is 18.9 Å². The molecule has 0 saturated heterocycles. The summed E-state index contributed by atoms with van der Waals surface area (Å²) in [6.07, 6.45) is 3.33. The Morgan fingerprint density at radius 1 is 1.35 bits per heavy atom. The maximum absolute atomic E-state index is 11.6. The third-order valence-electron chi connectivity index (χ3n) is 3.90. The van der Waals surface area contributed by atoms with E-state index in [4.69, 9.17) is 0 Å². The number of sulfone groups is 1. The molecule has 0 bridgehead atoms. The smallest absolute Gasteiger partial charge is 0.150 e. The Morgan fingerprint density at radius 3 is 2.35 bits per heavy atom. The van der Waals surface area contributed by atoms with Crippen LogP contribution >= 0.6 is 0 Å². The van der Waals surface area contributed by atoms with Gasteiger partial charge < -0.3 is 5.32 Å². The summed E-state index contributed by atoms with van der Waals surface area (Å²) in [6.45, 7) is 9.18. The molecular formula is C13H27NO2S. The molecule has 0 aromatic heterocycles. The van der Waals surface area contributed by atoms with Crippen LogP contribution < -0.4 is 5.32 Å². The predicted octanol–water partition coefficient (Wildman–Crippen LogP) is 2.23. The zero-order chi connectivity index (χ0) is 13.1. The van der Waals surface area contributed by atoms with Crippen LogP contribution in [0.1, 0.15) is 47.0 Å². The van der Waals surface area contributed by atoms with Gasteiger partial charge in [0.1, 0.15) is 9.84 Å². The first-order valence-electron chi connectivity index (χ1n) is 6.73. The van der Waals surface area contributed by atoms with Crippen molar-refractivity contribution in [3.05, 3.63) is 0 Å². The van der Waals surface area contributed by atoms with Gasteiger partial charge in [0.15, 0.2) is 0 Å². The maximum atomic E-state index is 11.6. The Morgan fingerprint density at radius 2 is 1.94 bits per heavy atom. The van der Waals surface area contributed by atoms with Crippen LogP contribution in [0.2, 0.25) is 0 Å². The van der Waals surface area contributed by atoms with Gasteiger partial charge in [0, 0.05) is 18.3 Å². The van der Waals surface area contributed by atoms with Crippen LogP contribution in [0.5, 0.6) is 0 Å². The second-order valence-corrected chi connectivity index (χ2v) is 8.42. The van der Waals surface area contributed by atoms with Crippen LogP contribution in [0.25, 0.3) is 0 Å². The highest BCUT2D eigenvalue weighted by atomic mass is 32.2. The fourth-order valence-electron chi connectivity index (χ4n) is 2.19. The normalized spacial score (nSPS) is 20.5. The van der Waals surface area contributed by atoms with Crippen molar-refractivity contribution in [3.8, 4) is 0 Å². The largest absolute Gasteiger partial charge is 0.314 e. The Bertz CT molecular complexity index is 333. The quantitative estimate of drug-likeness (QED) is 0.729. The first kappa shape index (κ1) is 15.0. The molecule has 3 nitrogen and oxygen atoms in total. The van der Waals surface area contributed by atoms with E-state index in [1.807, 2.05) is 0 Å². The molecule has 1 aliphatic rings. The molecule has 0 aliphatic heterocycles. The first-order valence-corrected chi connectivity index (χ1v) is 8.55. The minimum atomic E-state index is -2.82. The van der Waals surface area contributed by atoms with E-state index in [0.29, 0.717) is 11.8 Å². The van der Waals surface area contributed by atoms with Gasteiger partial charge in [-0.3, -0.25) is 0 Å². The van der Waals surface area contributed by atoms with E-state index >= 15 is 0 Å². The minimum absolute atomic E-state index is 0.159. The zero-order valence-corrected chi connectivity index (χ0v) is 12.4. The van der Waals surface area contributed by atoms with Crippen molar-refractivity contribution < 1.29 is 8.42 Å². The lowest BCUT2D eigenvalue weighted by molar-refractivity contribution is 0.241. The van der Waals surface area contributed by atoms with Crippen molar-refractivity contribution in [1.29, 1.82) is 0 Å². The van der Waals surface area contributed by atoms with Crippen molar-refractivity contribution in [3.63, 3.8) is 0 Å². The highest BCUT2D eigenvalue weighted by Crippen LogP contribution is 2.47. The molecule has 1 atom stereocenters. The lowest BCUT2D eigenvalue weighted by Gasteiger charge is -2.31. The molecule has 1 fully saturated rings. The van der Waals surface area contributed by atoms with Crippen molar-refractivity contribution >= 4 is 9.84 Å². The van der Waals surface area contributed by atoms with E-state index < -0.39 is 9.84 Å². The third-order valence-corrected chi connectivity index (χ3v) is 5.61. The summed E-state index contributed by atoms with van der Waals surface area (Å²) < 4.78 is 23.2. The zero-order valence-electron chi connectivity index (χ0n) is 11.6. The summed E-state index contributed by atoms with van der Waals surface area (Å²) in [5.41, 5.74) is 0.159. The topological polar surface area (TPSA) is 46.2 Å². The molecule has 1 saturated carbocycles. The van der Waals surface area contributed by atoms with E-state index in [1.54, 1.807) is 6.92 Å². The lowest BCUT2D eigenvalue weighted by atomic mass is 9.82. The number of nitrogens with one attached hydrogen (secondary N) is 1. The van der Waals surface area contributed by atoms with Gasteiger partial charge in [0.25, 0.3) is 0 Å². The van der Waals surface area contributed by atoms with Crippen LogP contribution in [-0.2, 0) is 9.84 Å². The number of rotatable bonds is 8. The van der Waals surface area contributed by atoms with E-state index in [-0.39, 0.29) is 11.2 Å². The Hall–Kier alpha value is -0.0900. The third kappa shape index (κ3) is 4.96. The van der Waals surface area contributed by atoms with E-state index in [1.165, 1.54) is 12.8 Å². The van der Waals surface area contributed by atoms with Crippen LogP contribution in [-0.4, -0.2) is 32.5 Å². The molecule has 1 rings (SSSR count). The van der Waals surface area contributed by atoms with Crippen molar-refractivity contribution in [2.24, 2.45) is 11.3 Å². The Balaban J connectivity index is 2.53. The maximum Gasteiger partial charge on any atom is 0.150 e. The monoisotopic (exact) mass is 261 g/mol. The fourth-order valence-corrected chi connectivity index (χ4v) is 3.25. The SMILES string of the molecule is CCS(=O)(=O)CCC(C)(CNC(C)C)C1CC1. The summed E-state index contributed by atoms with van der Waals surface area (Å²) >= 11 is 0. The second-order valence-electron chi connectivity index (χ2n) is 5.95. The average Bonchev–Trinajstić information content (AvgIpc) is 3.08. The van der Waals surface area contributed by atoms with Crippen LogP contribution in [0.3, 0.4) is 0 Å². The lowest BCUT2D eigenvalue weighted by Crippen LogP contribution is -2.38. The van der Waals surface area contributed by atoms with E-state index in [2.05, 4.69) is 26.1 Å². The number of hydrogen-bond acceptors (Lipinski definition) is 3. The second kappa shape index (κ2) is 5.70. The molecule has 0 aromatic rings. The van der Waals surface area contributed by atoms with Crippen molar-refractivity contribution in [2.45, 2.75) is 53.0 Å². The molecule has 0 radical (unpaired) electrons. The molecule has 102 valence electrons. The molecule has 4 heteroatoms. The van der Waals surface area contributed by atoms with Gasteiger partial charge in [-0.05, 0) is 30.6 Å². The van der Waals surface area contributed by atoms with Gasteiger partial charge in [0.2, 0.25) is 0 Å². The standard InChI is InChI=1S/C13H27NO2S/c1-5-17(15,16)9-8-13(4,12-6-7-12)10-14-11(2)3/h11-12,14H,5-10H2,1-4H3. The minimum Gasteiger partial charge on any atom is -0.314 e. The highest BCUT2D eigenvalue weighted by molar-refractivity contribution is 7.91. The van der Waals surface area contributed by atoms with Gasteiger partial charge in [-0.2, -0.15) is 0 Å². The van der Waals surface area contributed by atoms with Crippen LogP contribution in [0.4, 0.5) is 0 Å². The highest BCUT2D eigenvalue weighted by Gasteiger charge is 2.41. The van der Waals surface area contributed by atoms with Gasteiger partial charge in [0.05, 0.1) is 5.75 Å². The molecular weight excluding hydrogens is 234 g/mol. The Labute approximate surface area is 106 Å². The van der Waals surface area contributed by atoms with E-state index in [9.17, 15) is 8.42 Å². The molecule has 1 unspecified atom stereocenters. The fraction of sp³-hybridized carbons (Fsp3) is 1.00. The van der Waals surface area contributed by atoms with Gasteiger partial charge in [-0.1, -0.05) is 27.7 Å². The summed E-state index contributed by atoms with van der Waals surface area (Å²) in [5, 5.41) is 3.47. The number of hydrogen-bond donors (Lipinski definition) is 1. The molecule has 17 heavy (non-hydrogen) atoms. The molecule has 1 N–H and O–H groups in total. The van der Waals surface area contributed by atoms with Gasteiger partial charge in [-0.25, -0.2) is 8.42 Å². The van der Waals surface area contributed by atoms with Crippen molar-refractivity contribution in [2.75, 3.05) is 18.1 Å². The van der Waals surface area contributed by atoms with Gasteiger partial charge >= 0.3 is 0 Å². The predicted molar refractivity (Wildman–Crippen MR) is 72.9 cm³/mol. The van der Waals surface area contributed by atoms with Crippen LogP contribution in [0.15, 0.2) is 0 Å².